The van der Waals surface area contributed by atoms with Gasteiger partial charge in [-0.15, -0.1) is 0 Å². The van der Waals surface area contributed by atoms with Crippen LogP contribution in [0.2, 0.25) is 0 Å². The molecular formula is C28H30N2O2. The monoisotopic (exact) mass is 426 g/mol. The first kappa shape index (κ1) is 21.9. The number of hydrazone groups is 1. The zero-order valence-electron chi connectivity index (χ0n) is 19.2. The summed E-state index contributed by atoms with van der Waals surface area (Å²) >= 11 is 0. The number of hydrogen-bond acceptors (Lipinski definition) is 3. The topological polar surface area (TPSA) is 49.7 Å². The van der Waals surface area contributed by atoms with E-state index in [-0.39, 0.29) is 23.5 Å². The lowest BCUT2D eigenvalue weighted by Gasteiger charge is -2.35. The molecule has 0 aromatic heterocycles. The van der Waals surface area contributed by atoms with E-state index in [1.54, 1.807) is 0 Å². The Hall–Kier alpha value is -3.27. The van der Waals surface area contributed by atoms with Gasteiger partial charge in [-0.1, -0.05) is 93.6 Å². The fraction of sp³-hybridized carbons (Fsp3) is 0.321. The summed E-state index contributed by atoms with van der Waals surface area (Å²) in [5.41, 5.74) is 0.660. The maximum absolute atomic E-state index is 14.2. The van der Waals surface area contributed by atoms with Gasteiger partial charge in [0.15, 0.2) is 11.2 Å². The van der Waals surface area contributed by atoms with Gasteiger partial charge in [-0.25, -0.2) is 0 Å². The van der Waals surface area contributed by atoms with Crippen molar-refractivity contribution < 1.29 is 9.59 Å². The Morgan fingerprint density at radius 3 is 2.19 bits per heavy atom. The first-order valence-electron chi connectivity index (χ1n) is 11.2. The summed E-state index contributed by atoms with van der Waals surface area (Å²) in [6.07, 6.45) is 8.21. The highest BCUT2D eigenvalue weighted by atomic mass is 16.2. The molecule has 1 heterocycles. The predicted octanol–water partition coefficient (Wildman–Crippen LogP) is 5.93. The molecule has 1 amide bonds. The Labute approximate surface area is 190 Å². The molecule has 0 N–H and O–H groups in total. The number of Topliss-reactive ketones (excluding diaryl/α,β-unsaturated/α-hetero) is 1. The van der Waals surface area contributed by atoms with Gasteiger partial charge in [0.05, 0.1) is 11.4 Å². The quantitative estimate of drug-likeness (QED) is 0.450. The van der Waals surface area contributed by atoms with Crippen molar-refractivity contribution in [1.82, 2.24) is 0 Å². The number of benzene rings is 2. The lowest BCUT2D eigenvalue weighted by atomic mass is 9.64. The van der Waals surface area contributed by atoms with Crippen molar-refractivity contribution in [2.45, 2.75) is 40.0 Å². The normalized spacial score (nSPS) is 26.1. The maximum atomic E-state index is 14.2. The van der Waals surface area contributed by atoms with Crippen LogP contribution in [-0.2, 0) is 9.59 Å². The van der Waals surface area contributed by atoms with Crippen LogP contribution in [0.5, 0.6) is 0 Å². The molecule has 32 heavy (non-hydrogen) atoms. The standard InChI is InChI=1S/C28H30N2O2/c1-5-6-9-18-23-22(20-14-10-7-11-15-20)19-24(31)28(23)25(27(2,3)4)29-30(26(28)32)21-16-12-8-13-17-21/h5-18,22-23H,19H2,1-4H3/b6-5+,18-9+/t22-,23-,28-/m1/s1. The smallest absolute Gasteiger partial charge is 0.267 e. The minimum absolute atomic E-state index is 0.0430. The van der Waals surface area contributed by atoms with E-state index in [0.717, 1.165) is 5.56 Å². The average Bonchev–Trinajstić information content (AvgIpc) is 3.26. The molecule has 1 saturated carbocycles. The summed E-state index contributed by atoms with van der Waals surface area (Å²) in [6, 6.07) is 19.4. The van der Waals surface area contributed by atoms with Crippen LogP contribution in [0.15, 0.2) is 90.1 Å². The van der Waals surface area contributed by atoms with Crippen LogP contribution in [0, 0.1) is 16.7 Å². The van der Waals surface area contributed by atoms with Crippen LogP contribution >= 0.6 is 0 Å². The largest absolute Gasteiger partial charge is 0.298 e. The zero-order chi connectivity index (χ0) is 22.9. The Morgan fingerprint density at radius 1 is 0.969 bits per heavy atom. The van der Waals surface area contributed by atoms with Crippen molar-refractivity contribution in [2.24, 2.45) is 21.8 Å². The predicted molar refractivity (Wildman–Crippen MR) is 130 cm³/mol. The molecule has 0 saturated heterocycles. The van der Waals surface area contributed by atoms with Gasteiger partial charge < -0.3 is 0 Å². The van der Waals surface area contributed by atoms with Crippen molar-refractivity contribution in [3.63, 3.8) is 0 Å². The molecule has 1 aliphatic heterocycles. The molecule has 4 nitrogen and oxygen atoms in total. The van der Waals surface area contributed by atoms with Gasteiger partial charge in [0.1, 0.15) is 0 Å². The van der Waals surface area contributed by atoms with Gasteiger partial charge in [0, 0.05) is 17.8 Å². The van der Waals surface area contributed by atoms with Gasteiger partial charge in [0.2, 0.25) is 0 Å². The summed E-state index contributed by atoms with van der Waals surface area (Å²) in [6.45, 7) is 8.05. The summed E-state index contributed by atoms with van der Waals surface area (Å²) in [5.74, 6) is -0.684. The molecule has 1 spiro atoms. The van der Waals surface area contributed by atoms with E-state index in [2.05, 4.69) is 12.1 Å². The first-order valence-corrected chi connectivity index (χ1v) is 11.2. The molecule has 4 heteroatoms. The molecule has 1 aliphatic carbocycles. The number of anilines is 1. The number of rotatable bonds is 4. The highest BCUT2D eigenvalue weighted by Crippen LogP contribution is 2.56. The molecular weight excluding hydrogens is 396 g/mol. The second kappa shape index (κ2) is 8.34. The van der Waals surface area contributed by atoms with Gasteiger partial charge in [-0.3, -0.25) is 9.59 Å². The van der Waals surface area contributed by atoms with E-state index in [9.17, 15) is 9.59 Å². The number of carbonyl (C=O) groups excluding carboxylic acids is 2. The molecule has 164 valence electrons. The van der Waals surface area contributed by atoms with Crippen LogP contribution in [0.3, 0.4) is 0 Å². The third-order valence-corrected chi connectivity index (χ3v) is 6.44. The van der Waals surface area contributed by atoms with E-state index in [1.807, 2.05) is 101 Å². The molecule has 0 unspecified atom stereocenters. The van der Waals surface area contributed by atoms with Crippen LogP contribution in [0.4, 0.5) is 5.69 Å². The summed E-state index contributed by atoms with van der Waals surface area (Å²) in [5, 5.41) is 6.28. The fourth-order valence-electron chi connectivity index (χ4n) is 5.10. The van der Waals surface area contributed by atoms with Crippen molar-refractivity contribution in [3.8, 4) is 0 Å². The van der Waals surface area contributed by atoms with E-state index in [0.29, 0.717) is 17.8 Å². The highest BCUT2D eigenvalue weighted by molar-refractivity contribution is 6.34. The zero-order valence-corrected chi connectivity index (χ0v) is 19.2. The van der Waals surface area contributed by atoms with Gasteiger partial charge in [0.25, 0.3) is 5.91 Å². The lowest BCUT2D eigenvalue weighted by Crippen LogP contribution is -2.51. The molecule has 2 aromatic rings. The van der Waals surface area contributed by atoms with E-state index >= 15 is 0 Å². The van der Waals surface area contributed by atoms with Crippen LogP contribution < -0.4 is 5.01 Å². The first-order chi connectivity index (χ1) is 15.3. The average molecular weight is 427 g/mol. The van der Waals surface area contributed by atoms with E-state index in [4.69, 9.17) is 5.10 Å². The molecule has 4 rings (SSSR count). The number of allylic oxidation sites excluding steroid dienone is 4. The summed E-state index contributed by atoms with van der Waals surface area (Å²) in [7, 11) is 0. The van der Waals surface area contributed by atoms with Crippen LogP contribution in [0.25, 0.3) is 0 Å². The van der Waals surface area contributed by atoms with Crippen molar-refractivity contribution in [2.75, 3.05) is 5.01 Å². The molecule has 2 aliphatic rings. The molecule has 3 atom stereocenters. The molecule has 2 aromatic carbocycles. The Bertz CT molecular complexity index is 1090. The SMILES string of the molecule is C/C=C/C=C/[C@@H]1[C@@H](c2ccccc2)CC(=O)[C@]12C(=O)N(c1ccccc1)N=C2C(C)(C)C. The number of ketones is 1. The van der Waals surface area contributed by atoms with Gasteiger partial charge in [-0.05, 0) is 30.5 Å². The Balaban J connectivity index is 1.93. The van der Waals surface area contributed by atoms with Gasteiger partial charge >= 0.3 is 0 Å². The van der Waals surface area contributed by atoms with Gasteiger partial charge in [-0.2, -0.15) is 10.1 Å². The molecule has 0 radical (unpaired) electrons. The number of nitrogens with zero attached hydrogens (tertiary/aromatic N) is 2. The van der Waals surface area contributed by atoms with Crippen LogP contribution in [0.1, 0.15) is 45.6 Å². The second-order valence-corrected chi connectivity index (χ2v) is 9.54. The summed E-state index contributed by atoms with van der Waals surface area (Å²) < 4.78 is 0. The summed E-state index contributed by atoms with van der Waals surface area (Å²) in [4.78, 5) is 28.0. The number of amides is 1. The lowest BCUT2D eigenvalue weighted by molar-refractivity contribution is -0.134. The van der Waals surface area contributed by atoms with Crippen molar-refractivity contribution in [1.29, 1.82) is 0 Å². The Morgan fingerprint density at radius 2 is 1.59 bits per heavy atom. The third-order valence-electron chi connectivity index (χ3n) is 6.44. The number of carbonyl (C=O) groups is 2. The molecule has 0 bridgehead atoms. The maximum Gasteiger partial charge on any atom is 0.267 e. The van der Waals surface area contributed by atoms with E-state index < -0.39 is 10.8 Å². The second-order valence-electron chi connectivity index (χ2n) is 9.54. The minimum Gasteiger partial charge on any atom is -0.298 e. The van der Waals surface area contributed by atoms with Crippen molar-refractivity contribution in [3.05, 3.63) is 90.5 Å². The molecule has 1 fully saturated rings. The fourth-order valence-corrected chi connectivity index (χ4v) is 5.10. The highest BCUT2D eigenvalue weighted by Gasteiger charge is 2.67. The minimum atomic E-state index is -1.30. The Kier molecular flexibility index (Phi) is 5.72. The number of para-hydroxylation sites is 1. The van der Waals surface area contributed by atoms with Crippen LogP contribution in [-0.4, -0.2) is 17.4 Å². The third kappa shape index (κ3) is 3.44. The van der Waals surface area contributed by atoms with E-state index in [1.165, 1.54) is 5.01 Å². The number of hydrogen-bond donors (Lipinski definition) is 0. The van der Waals surface area contributed by atoms with Crippen molar-refractivity contribution >= 4 is 23.1 Å².